The number of nitrogens with zero attached hydrogens (tertiary/aromatic N) is 1. The van der Waals surface area contributed by atoms with Crippen LogP contribution in [0.4, 0.5) is 0 Å². The summed E-state index contributed by atoms with van der Waals surface area (Å²) >= 11 is 0. The minimum Gasteiger partial charge on any atom is -0.481 e. The van der Waals surface area contributed by atoms with Gasteiger partial charge in [0.2, 0.25) is 0 Å². The van der Waals surface area contributed by atoms with Crippen molar-refractivity contribution in [2.75, 3.05) is 6.61 Å². The first-order valence-electron chi connectivity index (χ1n) is 6.97. The highest BCUT2D eigenvalue weighted by Crippen LogP contribution is 2.49. The van der Waals surface area contributed by atoms with E-state index in [2.05, 4.69) is 17.1 Å². The van der Waals surface area contributed by atoms with Crippen LogP contribution in [0.15, 0.2) is 29.3 Å². The second-order valence-corrected chi connectivity index (χ2v) is 5.86. The summed E-state index contributed by atoms with van der Waals surface area (Å²) in [5, 5.41) is 0. The molecule has 0 radical (unpaired) electrons. The Morgan fingerprint density at radius 1 is 1.32 bits per heavy atom. The molecule has 100 valence electrons. The molecule has 4 nitrogen and oxygen atoms in total. The van der Waals surface area contributed by atoms with E-state index in [-0.39, 0.29) is 29.6 Å². The van der Waals surface area contributed by atoms with Crippen LogP contribution in [-0.4, -0.2) is 36.5 Å². The molecule has 0 bridgehead atoms. The van der Waals surface area contributed by atoms with Crippen LogP contribution in [-0.2, 0) is 14.3 Å². The summed E-state index contributed by atoms with van der Waals surface area (Å²) in [5.41, 5.74) is -0.301. The summed E-state index contributed by atoms with van der Waals surface area (Å²) in [6.45, 7) is 0.574. The lowest BCUT2D eigenvalue weighted by Crippen LogP contribution is -2.60. The highest BCUT2D eigenvalue weighted by atomic mass is 16.5. The van der Waals surface area contributed by atoms with Gasteiger partial charge in [-0.05, 0) is 6.42 Å². The molecule has 4 rings (SSSR count). The summed E-state index contributed by atoms with van der Waals surface area (Å²) in [6, 6.07) is 0. The Balaban J connectivity index is 1.76. The van der Waals surface area contributed by atoms with Gasteiger partial charge in [-0.3, -0.25) is 4.79 Å². The van der Waals surface area contributed by atoms with Crippen LogP contribution in [0, 0.1) is 11.8 Å². The van der Waals surface area contributed by atoms with Crippen LogP contribution in [0.25, 0.3) is 0 Å². The molecule has 5 atom stereocenters. The third-order valence-electron chi connectivity index (χ3n) is 4.92. The predicted octanol–water partition coefficient (Wildman–Crippen LogP) is 1.66. The highest BCUT2D eigenvalue weighted by molar-refractivity contribution is 5.80. The third kappa shape index (κ3) is 1.56. The number of ketones is 1. The van der Waals surface area contributed by atoms with Gasteiger partial charge in [0.15, 0.2) is 6.40 Å². The van der Waals surface area contributed by atoms with Crippen molar-refractivity contribution in [3.05, 3.63) is 24.3 Å². The largest absolute Gasteiger partial charge is 0.481 e. The van der Waals surface area contributed by atoms with Crippen molar-refractivity contribution in [2.24, 2.45) is 16.8 Å². The molecular formula is C15H17NO3. The van der Waals surface area contributed by atoms with Crippen molar-refractivity contribution in [3.63, 3.8) is 0 Å². The lowest BCUT2D eigenvalue weighted by atomic mass is 9.63. The summed E-state index contributed by atoms with van der Waals surface area (Å²) < 4.78 is 11.7. The van der Waals surface area contributed by atoms with Crippen molar-refractivity contribution >= 4 is 12.2 Å². The minimum absolute atomic E-state index is 0.0679. The van der Waals surface area contributed by atoms with E-state index >= 15 is 0 Å². The molecule has 2 heterocycles. The molecule has 1 saturated carbocycles. The first kappa shape index (κ1) is 11.4. The molecule has 2 fully saturated rings. The third-order valence-corrected chi connectivity index (χ3v) is 4.92. The molecule has 1 spiro atoms. The van der Waals surface area contributed by atoms with Gasteiger partial charge >= 0.3 is 0 Å². The lowest BCUT2D eigenvalue weighted by Gasteiger charge is -2.52. The van der Waals surface area contributed by atoms with Crippen LogP contribution < -0.4 is 0 Å². The highest BCUT2D eigenvalue weighted by Gasteiger charge is 2.58. The van der Waals surface area contributed by atoms with E-state index < -0.39 is 0 Å². The second-order valence-electron chi connectivity index (χ2n) is 5.86. The molecule has 0 aromatic rings. The number of rotatable bonds is 0. The molecule has 0 aromatic heterocycles. The van der Waals surface area contributed by atoms with E-state index in [1.807, 2.05) is 12.2 Å². The summed E-state index contributed by atoms with van der Waals surface area (Å²) in [4.78, 5) is 16.5. The van der Waals surface area contributed by atoms with E-state index in [0.29, 0.717) is 25.2 Å². The zero-order chi connectivity index (χ0) is 12.9. The summed E-state index contributed by atoms with van der Waals surface area (Å²) in [7, 11) is 0. The molecule has 0 aromatic carbocycles. The second kappa shape index (κ2) is 4.04. The molecule has 4 aliphatic rings. The average Bonchev–Trinajstić information content (AvgIpc) is 2.91. The van der Waals surface area contributed by atoms with Crippen LogP contribution in [0.1, 0.15) is 19.3 Å². The number of fused-ring (bicyclic) bond motifs is 4. The standard InChI is InChI=1S/C15H17NO3/c17-10-5-6-14-12(7-10)15(8-18-9-16-15)11-3-1-2-4-13(11)19-14/h1-4,9,11-14H,5-8H2. The van der Waals surface area contributed by atoms with Gasteiger partial charge in [-0.15, -0.1) is 0 Å². The van der Waals surface area contributed by atoms with Gasteiger partial charge in [0, 0.05) is 24.7 Å². The smallest absolute Gasteiger partial charge is 0.170 e. The molecule has 1 saturated heterocycles. The van der Waals surface area contributed by atoms with Gasteiger partial charge in [-0.2, -0.15) is 0 Å². The fourth-order valence-electron chi connectivity index (χ4n) is 3.99. The predicted molar refractivity (Wildman–Crippen MR) is 70.0 cm³/mol. The quantitative estimate of drug-likeness (QED) is 0.664. The van der Waals surface area contributed by atoms with Gasteiger partial charge in [-0.1, -0.05) is 24.3 Å². The fourth-order valence-corrected chi connectivity index (χ4v) is 3.99. The maximum Gasteiger partial charge on any atom is 0.170 e. The number of hydrogen-bond acceptors (Lipinski definition) is 4. The number of carbonyl (C=O) groups is 1. The number of Topliss-reactive ketones (excluding diaryl/α,β-unsaturated/α-hetero) is 1. The Labute approximate surface area is 112 Å². The minimum atomic E-state index is -0.301. The Morgan fingerprint density at radius 2 is 2.21 bits per heavy atom. The molecule has 5 unspecified atom stereocenters. The van der Waals surface area contributed by atoms with E-state index in [1.54, 1.807) is 6.40 Å². The number of allylic oxidation sites excluding steroid dienone is 2. The molecule has 0 amide bonds. The first-order valence-corrected chi connectivity index (χ1v) is 6.97. The van der Waals surface area contributed by atoms with Crippen molar-refractivity contribution in [1.29, 1.82) is 0 Å². The maximum absolute atomic E-state index is 11.8. The molecule has 0 N–H and O–H groups in total. The van der Waals surface area contributed by atoms with Crippen LogP contribution in [0.2, 0.25) is 0 Å². The Hall–Kier alpha value is -1.42. The van der Waals surface area contributed by atoms with Crippen molar-refractivity contribution in [1.82, 2.24) is 0 Å². The summed E-state index contributed by atoms with van der Waals surface area (Å²) in [5.74, 6) is 0.674. The lowest BCUT2D eigenvalue weighted by molar-refractivity contribution is -0.154. The molecule has 2 aliphatic carbocycles. The Morgan fingerprint density at radius 3 is 3.05 bits per heavy atom. The molecular weight excluding hydrogens is 242 g/mol. The van der Waals surface area contributed by atoms with Crippen LogP contribution >= 0.6 is 0 Å². The van der Waals surface area contributed by atoms with Gasteiger partial charge in [0.1, 0.15) is 17.9 Å². The number of hydrogen-bond donors (Lipinski definition) is 0. The van der Waals surface area contributed by atoms with Gasteiger partial charge in [0.25, 0.3) is 0 Å². The molecule has 19 heavy (non-hydrogen) atoms. The van der Waals surface area contributed by atoms with Crippen LogP contribution in [0.3, 0.4) is 0 Å². The van der Waals surface area contributed by atoms with E-state index in [4.69, 9.17) is 9.47 Å². The normalized spacial score (nSPS) is 47.1. The number of carbonyl (C=O) groups excluding carboxylic acids is 1. The zero-order valence-electron chi connectivity index (χ0n) is 10.7. The monoisotopic (exact) mass is 259 g/mol. The number of ether oxygens (including phenoxy) is 2. The topological polar surface area (TPSA) is 47.9 Å². The van der Waals surface area contributed by atoms with E-state index in [9.17, 15) is 4.79 Å². The van der Waals surface area contributed by atoms with Crippen molar-refractivity contribution in [2.45, 2.75) is 37.0 Å². The van der Waals surface area contributed by atoms with Crippen molar-refractivity contribution in [3.8, 4) is 0 Å². The molecule has 2 aliphatic heterocycles. The fraction of sp³-hybridized carbons (Fsp3) is 0.600. The van der Waals surface area contributed by atoms with Gasteiger partial charge in [-0.25, -0.2) is 4.99 Å². The SMILES string of the molecule is O=C1CCC2OC3C=CC=CC3C3(COC=N3)C2C1. The molecule has 4 heteroatoms. The van der Waals surface area contributed by atoms with E-state index in [1.165, 1.54) is 0 Å². The van der Waals surface area contributed by atoms with Gasteiger partial charge < -0.3 is 9.47 Å². The first-order chi connectivity index (χ1) is 9.29. The maximum atomic E-state index is 11.8. The van der Waals surface area contributed by atoms with Crippen molar-refractivity contribution < 1.29 is 14.3 Å². The zero-order valence-corrected chi connectivity index (χ0v) is 10.7. The van der Waals surface area contributed by atoms with E-state index in [0.717, 1.165) is 6.42 Å². The average molecular weight is 259 g/mol. The Kier molecular flexibility index (Phi) is 2.42. The Bertz CT molecular complexity index is 496. The van der Waals surface area contributed by atoms with Crippen LogP contribution in [0.5, 0.6) is 0 Å². The number of aliphatic imine (C=N–C) groups is 1. The van der Waals surface area contributed by atoms with Gasteiger partial charge in [0.05, 0.1) is 12.2 Å². The summed E-state index contributed by atoms with van der Waals surface area (Å²) in [6.07, 6.45) is 12.1.